The van der Waals surface area contributed by atoms with E-state index in [1.54, 1.807) is 14.2 Å². The summed E-state index contributed by atoms with van der Waals surface area (Å²) in [6, 6.07) is 6.54. The Morgan fingerprint density at radius 1 is 1.23 bits per heavy atom. The van der Waals surface area contributed by atoms with E-state index in [0.717, 1.165) is 30.9 Å². The van der Waals surface area contributed by atoms with Gasteiger partial charge in [0.25, 0.3) is 0 Å². The van der Waals surface area contributed by atoms with Gasteiger partial charge in [-0.25, -0.2) is 0 Å². The molecule has 1 unspecified atom stereocenters. The van der Waals surface area contributed by atoms with E-state index in [-0.39, 0.29) is 11.3 Å². The average molecular weight is 303 g/mol. The highest BCUT2D eigenvalue weighted by molar-refractivity contribution is 5.83. The average Bonchev–Trinajstić information content (AvgIpc) is 2.85. The highest BCUT2D eigenvalue weighted by Gasteiger charge is 2.52. The van der Waals surface area contributed by atoms with Crippen molar-refractivity contribution >= 4 is 5.78 Å². The zero-order valence-electron chi connectivity index (χ0n) is 13.9. The van der Waals surface area contributed by atoms with Crippen LogP contribution in [0.25, 0.3) is 0 Å². The Morgan fingerprint density at radius 3 is 2.64 bits per heavy atom. The quantitative estimate of drug-likeness (QED) is 0.860. The number of nitrogens with zero attached hydrogens (tertiary/aromatic N) is 1. The Hall–Kier alpha value is -1.55. The fourth-order valence-electron chi connectivity index (χ4n) is 4.36. The largest absolute Gasteiger partial charge is 0.493 e. The lowest BCUT2D eigenvalue weighted by Gasteiger charge is -2.43. The van der Waals surface area contributed by atoms with Crippen molar-refractivity contribution in [3.63, 3.8) is 0 Å². The topological polar surface area (TPSA) is 38.8 Å². The third-order valence-corrected chi connectivity index (χ3v) is 5.65. The summed E-state index contributed by atoms with van der Waals surface area (Å²) in [6.07, 6.45) is 2.68. The van der Waals surface area contributed by atoms with Gasteiger partial charge in [-0.3, -0.25) is 4.79 Å². The number of likely N-dealkylation sites (tertiary alicyclic amines) is 1. The molecule has 1 saturated heterocycles. The maximum absolute atomic E-state index is 12.2. The molecule has 1 aromatic rings. The van der Waals surface area contributed by atoms with Gasteiger partial charge in [0.05, 0.1) is 14.2 Å². The van der Waals surface area contributed by atoms with E-state index in [1.807, 2.05) is 6.07 Å². The molecule has 4 nitrogen and oxygen atoms in total. The van der Waals surface area contributed by atoms with Gasteiger partial charge in [-0.1, -0.05) is 13.0 Å². The minimum Gasteiger partial charge on any atom is -0.493 e. The predicted octanol–water partition coefficient (Wildman–Crippen LogP) is 2.64. The van der Waals surface area contributed by atoms with Gasteiger partial charge in [0.15, 0.2) is 11.5 Å². The fraction of sp³-hybridized carbons (Fsp3) is 0.611. The lowest BCUT2D eigenvalue weighted by molar-refractivity contribution is -0.127. The number of ketones is 1. The van der Waals surface area contributed by atoms with Crippen LogP contribution >= 0.6 is 0 Å². The summed E-state index contributed by atoms with van der Waals surface area (Å²) in [7, 11) is 5.46. The second-order valence-corrected chi connectivity index (χ2v) is 6.75. The molecule has 4 heteroatoms. The van der Waals surface area contributed by atoms with E-state index >= 15 is 0 Å². The number of likely N-dealkylation sites (N-methyl/N-ethyl adjacent to an activating group) is 1. The van der Waals surface area contributed by atoms with Gasteiger partial charge in [-0.15, -0.1) is 0 Å². The van der Waals surface area contributed by atoms with E-state index in [9.17, 15) is 4.79 Å². The van der Waals surface area contributed by atoms with Crippen LogP contribution in [0, 0.1) is 5.92 Å². The number of carbonyl (C=O) groups excluding carboxylic acids is 1. The maximum atomic E-state index is 12.2. The first-order chi connectivity index (χ1) is 10.5. The summed E-state index contributed by atoms with van der Waals surface area (Å²) in [5.41, 5.74) is 1.33. The first-order valence-corrected chi connectivity index (χ1v) is 7.97. The minimum absolute atomic E-state index is 0.0572. The summed E-state index contributed by atoms with van der Waals surface area (Å²) in [6.45, 7) is 3.11. The monoisotopic (exact) mass is 303 g/mol. The van der Waals surface area contributed by atoms with Gasteiger partial charge in [0.2, 0.25) is 0 Å². The molecule has 0 amide bonds. The predicted molar refractivity (Wildman–Crippen MR) is 85.7 cm³/mol. The van der Waals surface area contributed by atoms with Crippen LogP contribution in [-0.2, 0) is 10.2 Å². The van der Waals surface area contributed by atoms with E-state index in [1.165, 1.54) is 5.56 Å². The summed E-state index contributed by atoms with van der Waals surface area (Å²) < 4.78 is 10.8. The third-order valence-electron chi connectivity index (χ3n) is 5.65. The molecule has 0 N–H and O–H groups in total. The molecule has 0 aromatic heterocycles. The molecule has 1 aliphatic heterocycles. The van der Waals surface area contributed by atoms with Crippen LogP contribution in [0.15, 0.2) is 18.2 Å². The van der Waals surface area contributed by atoms with Gasteiger partial charge in [0, 0.05) is 23.8 Å². The van der Waals surface area contributed by atoms with Crippen molar-refractivity contribution in [3.8, 4) is 11.5 Å². The molecule has 1 aromatic carbocycles. The zero-order chi connectivity index (χ0) is 15.9. The fourth-order valence-corrected chi connectivity index (χ4v) is 4.36. The van der Waals surface area contributed by atoms with E-state index in [4.69, 9.17) is 9.47 Å². The van der Waals surface area contributed by atoms with Crippen molar-refractivity contribution in [2.45, 2.75) is 37.6 Å². The zero-order valence-corrected chi connectivity index (χ0v) is 13.9. The summed E-state index contributed by atoms with van der Waals surface area (Å²) >= 11 is 0. The molecule has 1 aliphatic carbocycles. The van der Waals surface area contributed by atoms with Gasteiger partial charge in [-0.2, -0.15) is 0 Å². The first-order valence-electron chi connectivity index (χ1n) is 7.97. The van der Waals surface area contributed by atoms with E-state index in [2.05, 4.69) is 31.0 Å². The van der Waals surface area contributed by atoms with Crippen LogP contribution < -0.4 is 9.47 Å². The van der Waals surface area contributed by atoms with Crippen molar-refractivity contribution in [2.24, 2.45) is 5.92 Å². The molecule has 3 atom stereocenters. The Morgan fingerprint density at radius 2 is 1.95 bits per heavy atom. The van der Waals surface area contributed by atoms with Crippen molar-refractivity contribution in [1.82, 2.24) is 4.90 Å². The summed E-state index contributed by atoms with van der Waals surface area (Å²) in [5.74, 6) is 2.06. The number of methoxy groups -OCH3 is 2. The molecule has 22 heavy (non-hydrogen) atoms. The number of benzene rings is 1. The number of carbonyl (C=O) groups is 1. The highest BCUT2D eigenvalue weighted by Crippen LogP contribution is 2.50. The third kappa shape index (κ3) is 2.21. The second kappa shape index (κ2) is 5.58. The lowest BCUT2D eigenvalue weighted by atomic mass is 9.63. The summed E-state index contributed by atoms with van der Waals surface area (Å²) in [4.78, 5) is 14.6. The number of hydrogen-bond acceptors (Lipinski definition) is 4. The molecular formula is C18H25NO3. The molecule has 2 aliphatic rings. The van der Waals surface area contributed by atoms with Crippen molar-refractivity contribution in [1.29, 1.82) is 0 Å². The maximum Gasteiger partial charge on any atom is 0.161 e. The smallest absolute Gasteiger partial charge is 0.161 e. The Kier molecular flexibility index (Phi) is 3.89. The number of rotatable bonds is 3. The molecule has 0 radical (unpaired) electrons. The number of Topliss-reactive ketones (excluding diaryl/α,β-unsaturated/α-hetero) is 1. The van der Waals surface area contributed by atoms with Gasteiger partial charge >= 0.3 is 0 Å². The Balaban J connectivity index is 2.05. The number of ether oxygens (including phenoxy) is 2. The van der Waals surface area contributed by atoms with Crippen molar-refractivity contribution in [3.05, 3.63) is 23.8 Å². The van der Waals surface area contributed by atoms with Gasteiger partial charge in [0.1, 0.15) is 5.78 Å². The summed E-state index contributed by atoms with van der Waals surface area (Å²) in [5, 5.41) is 0. The minimum atomic E-state index is 0.0572. The van der Waals surface area contributed by atoms with E-state index in [0.29, 0.717) is 18.2 Å². The number of fused-ring (bicyclic) bond motifs is 1. The van der Waals surface area contributed by atoms with Crippen LogP contribution in [0.4, 0.5) is 0 Å². The van der Waals surface area contributed by atoms with Crippen molar-refractivity contribution < 1.29 is 14.3 Å². The normalized spacial score (nSPS) is 31.9. The molecule has 1 saturated carbocycles. The standard InChI is InChI=1S/C18H25NO3/c1-12-11-18(7-8-19(2)17(18)10-14(12)20)13-5-6-15(21-3)16(9-13)22-4/h5-6,9,12,17H,7-8,10-11H2,1-4H3/t12?,17-,18+/m0/s1. The lowest BCUT2D eigenvalue weighted by Crippen LogP contribution is -2.48. The van der Waals surface area contributed by atoms with Crippen LogP contribution in [-0.4, -0.2) is 44.5 Å². The number of hydrogen-bond donors (Lipinski definition) is 0. The van der Waals surface area contributed by atoms with Crippen LogP contribution in [0.3, 0.4) is 0 Å². The SMILES string of the molecule is COc1ccc([C@]23CCN(C)[C@H]2CC(=O)C(C)C3)cc1OC. The van der Waals surface area contributed by atoms with Crippen molar-refractivity contribution in [2.75, 3.05) is 27.8 Å². The van der Waals surface area contributed by atoms with Crippen LogP contribution in [0.2, 0.25) is 0 Å². The van der Waals surface area contributed by atoms with Gasteiger partial charge in [-0.05, 0) is 44.1 Å². The van der Waals surface area contributed by atoms with Crippen LogP contribution in [0.1, 0.15) is 31.7 Å². The molecule has 0 spiro atoms. The first kappa shape index (κ1) is 15.3. The van der Waals surface area contributed by atoms with Gasteiger partial charge < -0.3 is 14.4 Å². The molecule has 0 bridgehead atoms. The molecule has 120 valence electrons. The van der Waals surface area contributed by atoms with E-state index < -0.39 is 0 Å². The molecule has 2 fully saturated rings. The molecule has 3 rings (SSSR count). The molecular weight excluding hydrogens is 278 g/mol. The Bertz CT molecular complexity index is 586. The second-order valence-electron chi connectivity index (χ2n) is 6.75. The highest BCUT2D eigenvalue weighted by atomic mass is 16.5. The Labute approximate surface area is 132 Å². The van der Waals surface area contributed by atoms with Crippen LogP contribution in [0.5, 0.6) is 11.5 Å². The molecule has 1 heterocycles.